The molecule has 0 saturated heterocycles. The average Bonchev–Trinajstić information content (AvgIpc) is 2.35. The maximum Gasteiger partial charge on any atom is 0.330 e. The topological polar surface area (TPSA) is 57.7 Å². The summed E-state index contributed by atoms with van der Waals surface area (Å²) in [5.74, 6) is 0.419. The Morgan fingerprint density at radius 2 is 1.75 bits per heavy atom. The number of methoxy groups -OCH3 is 3. The van der Waals surface area contributed by atoms with Gasteiger partial charge in [-0.1, -0.05) is 0 Å². The molecule has 0 spiro atoms. The van der Waals surface area contributed by atoms with Crippen LogP contribution in [0.15, 0.2) is 18.2 Å². The number of carbonyl (C=O) groups is 1. The highest BCUT2D eigenvalue weighted by Crippen LogP contribution is 2.18. The van der Waals surface area contributed by atoms with Gasteiger partial charge in [0.15, 0.2) is 0 Å². The van der Waals surface area contributed by atoms with Gasteiger partial charge in [-0.25, -0.2) is 4.79 Å². The van der Waals surface area contributed by atoms with E-state index in [-0.39, 0.29) is 0 Å². The summed E-state index contributed by atoms with van der Waals surface area (Å²) in [6.07, 6.45) is 2.91. The lowest BCUT2D eigenvalue weighted by molar-refractivity contribution is -0.134. The lowest BCUT2D eigenvalue weighted by Gasteiger charge is -2.04. The Morgan fingerprint density at radius 3 is 2.19 bits per heavy atom. The molecule has 0 atom stereocenters. The van der Waals surface area contributed by atoms with Crippen molar-refractivity contribution in [2.24, 2.45) is 0 Å². The largest absolute Gasteiger partial charge is 0.481 e. The first-order chi connectivity index (χ1) is 7.69. The number of hydrogen-bond donors (Lipinski definition) is 0. The van der Waals surface area contributed by atoms with Gasteiger partial charge >= 0.3 is 5.97 Å². The van der Waals surface area contributed by atoms with Gasteiger partial charge in [0.2, 0.25) is 11.8 Å². The van der Waals surface area contributed by atoms with Crippen LogP contribution in [-0.4, -0.2) is 32.3 Å². The second-order valence-corrected chi connectivity index (χ2v) is 2.84. The van der Waals surface area contributed by atoms with Crippen molar-refractivity contribution < 1.29 is 19.0 Å². The predicted molar refractivity (Wildman–Crippen MR) is 58.4 cm³/mol. The normalized spacial score (nSPS) is 10.2. The number of ether oxygens (including phenoxy) is 3. The summed E-state index contributed by atoms with van der Waals surface area (Å²) in [5.41, 5.74) is 0.745. The predicted octanol–water partition coefficient (Wildman–Crippen LogP) is 1.28. The van der Waals surface area contributed by atoms with Gasteiger partial charge in [-0.05, 0) is 11.6 Å². The van der Waals surface area contributed by atoms with E-state index in [1.54, 1.807) is 18.2 Å². The Morgan fingerprint density at radius 1 is 1.19 bits per heavy atom. The highest BCUT2D eigenvalue weighted by Gasteiger charge is 2.01. The van der Waals surface area contributed by atoms with Crippen LogP contribution in [0.2, 0.25) is 0 Å². The van der Waals surface area contributed by atoms with Crippen molar-refractivity contribution in [3.63, 3.8) is 0 Å². The number of nitrogens with zero attached hydrogens (tertiary/aromatic N) is 1. The van der Waals surface area contributed by atoms with Crippen molar-refractivity contribution in [3.05, 3.63) is 23.8 Å². The minimum atomic E-state index is -0.422. The maximum absolute atomic E-state index is 10.9. The first-order valence-corrected chi connectivity index (χ1v) is 4.55. The Labute approximate surface area is 93.7 Å². The Bertz CT molecular complexity index is 379. The van der Waals surface area contributed by atoms with Gasteiger partial charge in [0.1, 0.15) is 0 Å². The van der Waals surface area contributed by atoms with Gasteiger partial charge in [0.05, 0.1) is 21.3 Å². The molecule has 0 N–H and O–H groups in total. The standard InChI is InChI=1S/C11H13NO4/c1-14-9-6-8(4-5-11(13)16-3)7-10(12-9)15-2/h4-7H,1-3H3. The highest BCUT2D eigenvalue weighted by atomic mass is 16.5. The second-order valence-electron chi connectivity index (χ2n) is 2.84. The smallest absolute Gasteiger partial charge is 0.330 e. The van der Waals surface area contributed by atoms with E-state index >= 15 is 0 Å². The van der Waals surface area contributed by atoms with Crippen LogP contribution in [-0.2, 0) is 9.53 Å². The van der Waals surface area contributed by atoms with Crippen molar-refractivity contribution in [1.29, 1.82) is 0 Å². The summed E-state index contributed by atoms with van der Waals surface area (Å²) in [4.78, 5) is 14.9. The zero-order valence-electron chi connectivity index (χ0n) is 9.39. The summed E-state index contributed by atoms with van der Waals surface area (Å²) in [7, 11) is 4.34. The van der Waals surface area contributed by atoms with Gasteiger partial charge in [0, 0.05) is 18.2 Å². The van der Waals surface area contributed by atoms with Crippen molar-refractivity contribution in [3.8, 4) is 11.8 Å². The van der Waals surface area contributed by atoms with Crippen molar-refractivity contribution in [2.75, 3.05) is 21.3 Å². The minimum absolute atomic E-state index is 0.420. The molecule has 5 nitrogen and oxygen atoms in total. The summed E-state index contributed by atoms with van der Waals surface area (Å²) < 4.78 is 14.5. The molecule has 0 fully saturated rings. The van der Waals surface area contributed by atoms with E-state index in [1.165, 1.54) is 27.4 Å². The molecule has 16 heavy (non-hydrogen) atoms. The number of esters is 1. The molecule has 86 valence electrons. The van der Waals surface area contributed by atoms with E-state index in [4.69, 9.17) is 9.47 Å². The number of pyridine rings is 1. The SMILES string of the molecule is COC(=O)C=Cc1cc(OC)nc(OC)c1. The van der Waals surface area contributed by atoms with Crippen LogP contribution in [0.3, 0.4) is 0 Å². The van der Waals surface area contributed by atoms with E-state index in [0.717, 1.165) is 5.56 Å². The van der Waals surface area contributed by atoms with Gasteiger partial charge in [-0.15, -0.1) is 0 Å². The molecule has 1 heterocycles. The average molecular weight is 223 g/mol. The maximum atomic E-state index is 10.9. The van der Waals surface area contributed by atoms with Gasteiger partial charge in [-0.2, -0.15) is 4.98 Å². The van der Waals surface area contributed by atoms with Crippen molar-refractivity contribution in [1.82, 2.24) is 4.98 Å². The summed E-state index contributed by atoms with van der Waals surface area (Å²) in [5, 5.41) is 0. The molecule has 5 heteroatoms. The highest BCUT2D eigenvalue weighted by molar-refractivity contribution is 5.87. The van der Waals surface area contributed by atoms with E-state index in [1.807, 2.05) is 0 Å². The number of aromatic nitrogens is 1. The summed E-state index contributed by atoms with van der Waals surface area (Å²) in [6, 6.07) is 3.36. The number of rotatable bonds is 4. The molecule has 0 aromatic carbocycles. The van der Waals surface area contributed by atoms with Crippen LogP contribution >= 0.6 is 0 Å². The molecular formula is C11H13NO4. The monoisotopic (exact) mass is 223 g/mol. The zero-order chi connectivity index (χ0) is 12.0. The van der Waals surface area contributed by atoms with E-state index in [2.05, 4.69) is 9.72 Å². The third kappa shape index (κ3) is 3.27. The first kappa shape index (κ1) is 12.0. The fourth-order valence-electron chi connectivity index (χ4n) is 1.04. The molecule has 0 amide bonds. The Hall–Kier alpha value is -2.04. The Balaban J connectivity index is 2.95. The second kappa shape index (κ2) is 5.75. The fourth-order valence-corrected chi connectivity index (χ4v) is 1.04. The minimum Gasteiger partial charge on any atom is -0.481 e. The fraction of sp³-hybridized carbons (Fsp3) is 0.273. The molecule has 0 radical (unpaired) electrons. The zero-order valence-corrected chi connectivity index (χ0v) is 9.39. The van der Waals surface area contributed by atoms with Crippen LogP contribution in [0.1, 0.15) is 5.56 Å². The molecule has 1 aromatic rings. The lowest BCUT2D eigenvalue weighted by atomic mass is 10.2. The van der Waals surface area contributed by atoms with Gasteiger partial charge in [0.25, 0.3) is 0 Å². The van der Waals surface area contributed by atoms with Gasteiger partial charge < -0.3 is 14.2 Å². The summed E-state index contributed by atoms with van der Waals surface area (Å²) in [6.45, 7) is 0. The molecular weight excluding hydrogens is 210 g/mol. The molecule has 0 aliphatic heterocycles. The van der Waals surface area contributed by atoms with Crippen LogP contribution < -0.4 is 9.47 Å². The van der Waals surface area contributed by atoms with Crippen LogP contribution in [0.4, 0.5) is 0 Å². The molecule has 0 bridgehead atoms. The van der Waals surface area contributed by atoms with Crippen molar-refractivity contribution in [2.45, 2.75) is 0 Å². The van der Waals surface area contributed by atoms with E-state index in [0.29, 0.717) is 11.8 Å². The van der Waals surface area contributed by atoms with E-state index < -0.39 is 5.97 Å². The third-order valence-corrected chi connectivity index (χ3v) is 1.83. The molecule has 0 aliphatic carbocycles. The third-order valence-electron chi connectivity index (χ3n) is 1.83. The van der Waals surface area contributed by atoms with E-state index in [9.17, 15) is 4.79 Å². The molecule has 1 rings (SSSR count). The Kier molecular flexibility index (Phi) is 4.32. The first-order valence-electron chi connectivity index (χ1n) is 4.55. The van der Waals surface area contributed by atoms with Crippen LogP contribution in [0.5, 0.6) is 11.8 Å². The number of hydrogen-bond acceptors (Lipinski definition) is 5. The van der Waals surface area contributed by atoms with Crippen LogP contribution in [0.25, 0.3) is 6.08 Å². The van der Waals surface area contributed by atoms with Crippen LogP contribution in [0, 0.1) is 0 Å². The van der Waals surface area contributed by atoms with Crippen molar-refractivity contribution >= 4 is 12.0 Å². The summed E-state index contributed by atoms with van der Waals surface area (Å²) >= 11 is 0. The number of carbonyl (C=O) groups excluding carboxylic acids is 1. The lowest BCUT2D eigenvalue weighted by Crippen LogP contribution is -1.95. The molecule has 1 aromatic heterocycles. The quantitative estimate of drug-likeness (QED) is 0.568. The molecule has 0 aliphatic rings. The van der Waals surface area contributed by atoms with Gasteiger partial charge in [-0.3, -0.25) is 0 Å². The molecule has 0 unspecified atom stereocenters. The molecule has 0 saturated carbocycles.